The number of rotatable bonds is 8. The zero-order valence-corrected chi connectivity index (χ0v) is 19.5. The van der Waals surface area contributed by atoms with Gasteiger partial charge in [-0.3, -0.25) is 4.79 Å². The Bertz CT molecular complexity index is 1000. The molecular weight excluding hydrogens is 416 g/mol. The molecule has 8 heteroatoms. The van der Waals surface area contributed by atoms with Crippen LogP contribution in [0.2, 0.25) is 0 Å². The molecule has 3 aromatic rings. The van der Waals surface area contributed by atoms with Crippen LogP contribution < -0.4 is 5.32 Å². The highest BCUT2D eigenvalue weighted by atomic mass is 32.1. The maximum Gasteiger partial charge on any atom is 0.303 e. The van der Waals surface area contributed by atoms with E-state index in [-0.39, 0.29) is 25.8 Å². The van der Waals surface area contributed by atoms with E-state index in [0.29, 0.717) is 0 Å². The molecule has 2 N–H and O–H groups in total. The molecule has 0 spiro atoms. The number of aromatic nitrogens is 3. The molecule has 0 bridgehead atoms. The number of hydrogen-bond donors (Lipinski definition) is 2. The van der Waals surface area contributed by atoms with Gasteiger partial charge < -0.3 is 10.4 Å². The predicted molar refractivity (Wildman–Crippen MR) is 127 cm³/mol. The number of hydrogen-bond acceptors (Lipinski definition) is 6. The van der Waals surface area contributed by atoms with Gasteiger partial charge in [0, 0.05) is 17.7 Å². The summed E-state index contributed by atoms with van der Waals surface area (Å²) in [5.74, 6) is -0.0241. The van der Waals surface area contributed by atoms with Gasteiger partial charge in [-0.2, -0.15) is 13.5 Å². The van der Waals surface area contributed by atoms with Crippen molar-refractivity contribution in [3.63, 3.8) is 0 Å². The first-order valence-corrected chi connectivity index (χ1v) is 10.6. The summed E-state index contributed by atoms with van der Waals surface area (Å²) in [5, 5.41) is 13.7. The van der Waals surface area contributed by atoms with Crippen molar-refractivity contribution >= 4 is 42.2 Å². The van der Waals surface area contributed by atoms with Gasteiger partial charge in [-0.25, -0.2) is 15.0 Å². The van der Waals surface area contributed by atoms with Crippen LogP contribution in [0.3, 0.4) is 0 Å². The summed E-state index contributed by atoms with van der Waals surface area (Å²) >= 11 is 1.65. The van der Waals surface area contributed by atoms with Crippen LogP contribution in [0.25, 0.3) is 10.4 Å². The molecule has 0 fully saturated rings. The van der Waals surface area contributed by atoms with Crippen LogP contribution in [-0.2, 0) is 11.2 Å². The number of carboxylic acids is 1. The Hall–Kier alpha value is -2.45. The average molecular weight is 445 g/mol. The Morgan fingerprint density at radius 2 is 1.90 bits per heavy atom. The van der Waals surface area contributed by atoms with E-state index in [9.17, 15) is 9.90 Å². The van der Waals surface area contributed by atoms with E-state index in [0.717, 1.165) is 56.7 Å². The quantitative estimate of drug-likeness (QED) is 0.470. The van der Waals surface area contributed by atoms with Crippen molar-refractivity contribution < 1.29 is 9.90 Å². The number of nitrogens with zero attached hydrogens (tertiary/aromatic N) is 3. The van der Waals surface area contributed by atoms with Crippen LogP contribution in [0, 0.1) is 13.8 Å². The Kier molecular flexibility index (Phi) is 8.37. The molecule has 160 valence electrons. The number of carbonyl (C=O) groups is 1. The van der Waals surface area contributed by atoms with Crippen LogP contribution in [-0.4, -0.2) is 26.0 Å². The summed E-state index contributed by atoms with van der Waals surface area (Å²) in [7, 11) is 0. The van der Waals surface area contributed by atoms with Gasteiger partial charge in [0.25, 0.3) is 0 Å². The highest BCUT2D eigenvalue weighted by Crippen LogP contribution is 2.38. The summed E-state index contributed by atoms with van der Waals surface area (Å²) in [6.45, 7) is 8.05. The van der Waals surface area contributed by atoms with Crippen molar-refractivity contribution in [1.29, 1.82) is 0 Å². The number of aryl methyl sites for hydroxylation is 3. The zero-order chi connectivity index (χ0) is 21.0. The van der Waals surface area contributed by atoms with Crippen LogP contribution in [0.15, 0.2) is 30.6 Å². The minimum atomic E-state index is -0.784. The summed E-state index contributed by atoms with van der Waals surface area (Å²) in [6.07, 6.45) is 5.22. The third kappa shape index (κ3) is 5.58. The van der Waals surface area contributed by atoms with Crippen molar-refractivity contribution in [1.82, 2.24) is 15.0 Å². The van der Waals surface area contributed by atoms with Crippen LogP contribution in [0.4, 0.5) is 11.4 Å². The minimum absolute atomic E-state index is 0. The lowest BCUT2D eigenvalue weighted by Crippen LogP contribution is -2.06. The molecule has 0 radical (unpaired) electrons. The number of thiazole rings is 1. The SMILES string of the molecule is CCc1ncc(Nc2cc([C@@H](CC)CC(=O)O)ccc2-c2sc(C)nc2C)cn1.S. The van der Waals surface area contributed by atoms with E-state index in [1.165, 1.54) is 0 Å². The first-order chi connectivity index (χ1) is 13.9. The fraction of sp³-hybridized carbons (Fsp3) is 0.364. The molecule has 2 aromatic heterocycles. The van der Waals surface area contributed by atoms with E-state index in [1.54, 1.807) is 23.7 Å². The van der Waals surface area contributed by atoms with E-state index >= 15 is 0 Å². The summed E-state index contributed by atoms with van der Waals surface area (Å²) < 4.78 is 0. The van der Waals surface area contributed by atoms with E-state index in [1.807, 2.05) is 33.8 Å². The molecule has 0 unspecified atom stereocenters. The van der Waals surface area contributed by atoms with Crippen molar-refractivity contribution in [2.45, 2.75) is 52.9 Å². The fourth-order valence-corrected chi connectivity index (χ4v) is 4.32. The number of nitrogens with one attached hydrogen (secondary N) is 1. The van der Waals surface area contributed by atoms with Crippen LogP contribution in [0.5, 0.6) is 0 Å². The lowest BCUT2D eigenvalue weighted by atomic mass is 9.91. The van der Waals surface area contributed by atoms with Gasteiger partial charge in [0.2, 0.25) is 0 Å². The summed E-state index contributed by atoms with van der Waals surface area (Å²) in [4.78, 5) is 25.7. The van der Waals surface area contributed by atoms with Gasteiger partial charge >= 0.3 is 5.97 Å². The van der Waals surface area contributed by atoms with Crippen molar-refractivity contribution in [2.75, 3.05) is 5.32 Å². The highest BCUT2D eigenvalue weighted by molar-refractivity contribution is 7.59. The second kappa shape index (κ2) is 10.5. The monoisotopic (exact) mass is 444 g/mol. The third-order valence-corrected chi connectivity index (χ3v) is 5.98. The maximum absolute atomic E-state index is 11.3. The molecule has 1 aromatic carbocycles. The molecule has 0 saturated heterocycles. The van der Waals surface area contributed by atoms with E-state index in [4.69, 9.17) is 0 Å². The largest absolute Gasteiger partial charge is 0.481 e. The third-order valence-electron chi connectivity index (χ3n) is 4.88. The molecule has 2 heterocycles. The smallest absolute Gasteiger partial charge is 0.303 e. The standard InChI is InChI=1S/C22H26N4O2S.H2S/c1-5-15(10-21(27)28)16-7-8-18(22-13(3)25-14(4)29-22)19(9-16)26-17-11-23-20(6-2)24-12-17;/h7-9,11-12,15,26H,5-6,10H2,1-4H3,(H,27,28);1H2/t15-;/m0./s1. The van der Waals surface area contributed by atoms with Gasteiger partial charge in [0.15, 0.2) is 0 Å². The second-order valence-electron chi connectivity index (χ2n) is 7.02. The van der Waals surface area contributed by atoms with Crippen molar-refractivity contribution in [3.05, 3.63) is 52.7 Å². The summed E-state index contributed by atoms with van der Waals surface area (Å²) in [6, 6.07) is 6.14. The molecular formula is C22H28N4O2S2. The molecule has 0 aliphatic heterocycles. The number of benzene rings is 1. The Morgan fingerprint density at radius 3 is 2.43 bits per heavy atom. The topological polar surface area (TPSA) is 88.0 Å². The van der Waals surface area contributed by atoms with Gasteiger partial charge in [0.1, 0.15) is 5.82 Å². The van der Waals surface area contributed by atoms with E-state index < -0.39 is 5.97 Å². The Morgan fingerprint density at radius 1 is 1.20 bits per heavy atom. The average Bonchev–Trinajstić information content (AvgIpc) is 3.04. The van der Waals surface area contributed by atoms with E-state index in [2.05, 4.69) is 32.4 Å². The van der Waals surface area contributed by atoms with Crippen LogP contribution in [0.1, 0.15) is 54.7 Å². The number of anilines is 2. The molecule has 30 heavy (non-hydrogen) atoms. The van der Waals surface area contributed by atoms with Gasteiger partial charge in [-0.1, -0.05) is 26.0 Å². The van der Waals surface area contributed by atoms with Crippen molar-refractivity contribution in [2.24, 2.45) is 0 Å². The number of aliphatic carboxylic acids is 1. The zero-order valence-electron chi connectivity index (χ0n) is 17.7. The molecule has 0 aliphatic carbocycles. The van der Waals surface area contributed by atoms with Gasteiger partial charge in [-0.05, 0) is 37.8 Å². The lowest BCUT2D eigenvalue weighted by Gasteiger charge is -2.18. The fourth-order valence-electron chi connectivity index (χ4n) is 3.36. The normalized spacial score (nSPS) is 11.6. The molecule has 0 aliphatic rings. The lowest BCUT2D eigenvalue weighted by molar-refractivity contribution is -0.137. The Balaban J connectivity index is 0.00000320. The number of carboxylic acid groups (broad SMARTS) is 1. The van der Waals surface area contributed by atoms with Gasteiger partial charge in [-0.15, -0.1) is 11.3 Å². The molecule has 0 saturated carbocycles. The first kappa shape index (κ1) is 23.8. The molecule has 0 amide bonds. The predicted octanol–water partition coefficient (Wildman–Crippen LogP) is 5.60. The molecule has 1 atom stereocenters. The highest BCUT2D eigenvalue weighted by Gasteiger charge is 2.18. The first-order valence-electron chi connectivity index (χ1n) is 9.79. The maximum atomic E-state index is 11.3. The minimum Gasteiger partial charge on any atom is -0.481 e. The second-order valence-corrected chi connectivity index (χ2v) is 8.23. The molecule has 3 rings (SSSR count). The van der Waals surface area contributed by atoms with Crippen LogP contribution >= 0.6 is 24.8 Å². The van der Waals surface area contributed by atoms with Gasteiger partial charge in [0.05, 0.1) is 40.1 Å². The van der Waals surface area contributed by atoms with Crippen molar-refractivity contribution in [3.8, 4) is 10.4 Å². The Labute approximate surface area is 188 Å². The molecule has 6 nitrogen and oxygen atoms in total. The summed E-state index contributed by atoms with van der Waals surface area (Å²) in [5.41, 5.74) is 4.74.